The van der Waals surface area contributed by atoms with Crippen molar-refractivity contribution in [3.05, 3.63) is 22.2 Å². The molecule has 88 valence electrons. The third-order valence-corrected chi connectivity index (χ3v) is 2.43. The van der Waals surface area contributed by atoms with Crippen LogP contribution in [0, 0.1) is 0 Å². The van der Waals surface area contributed by atoms with E-state index in [9.17, 15) is 18.0 Å². The van der Waals surface area contributed by atoms with Gasteiger partial charge in [-0.15, -0.1) is 13.2 Å². The summed E-state index contributed by atoms with van der Waals surface area (Å²) in [6, 6.07) is 2.60. The first-order chi connectivity index (χ1) is 7.22. The number of carbonyl (C=O) groups is 1. The number of hydrogen-bond donors (Lipinski definition) is 1. The monoisotopic (exact) mass is 297 g/mol. The van der Waals surface area contributed by atoms with Crippen molar-refractivity contribution >= 4 is 27.4 Å². The molecule has 0 aliphatic heterocycles. The van der Waals surface area contributed by atoms with E-state index in [2.05, 4.69) is 20.7 Å². The summed E-state index contributed by atoms with van der Waals surface area (Å²) in [5.74, 6) is -1.23. The highest BCUT2D eigenvalue weighted by molar-refractivity contribution is 9.10. The summed E-state index contributed by atoms with van der Waals surface area (Å²) in [5, 5.41) is 0. The molecule has 3 nitrogen and oxygen atoms in total. The Kier molecular flexibility index (Phi) is 3.47. The maximum absolute atomic E-state index is 12.1. The van der Waals surface area contributed by atoms with Crippen LogP contribution in [0.25, 0.3) is 0 Å². The highest BCUT2D eigenvalue weighted by Gasteiger charge is 2.34. The molecule has 1 rings (SSSR count). The first kappa shape index (κ1) is 12.8. The van der Waals surface area contributed by atoms with E-state index >= 15 is 0 Å². The lowest BCUT2D eigenvalue weighted by molar-refractivity contribution is -0.274. The Labute approximate surface area is 97.5 Å². The summed E-state index contributed by atoms with van der Waals surface area (Å²) in [6.45, 7) is 1.13. The van der Waals surface area contributed by atoms with Crippen molar-refractivity contribution in [1.29, 1.82) is 0 Å². The van der Waals surface area contributed by atoms with Crippen LogP contribution >= 0.6 is 15.9 Å². The predicted octanol–water partition coefficient (Wildman–Crippen LogP) is 3.13. The van der Waals surface area contributed by atoms with Crippen molar-refractivity contribution in [1.82, 2.24) is 0 Å². The van der Waals surface area contributed by atoms with E-state index in [1.807, 2.05) is 0 Å². The second kappa shape index (κ2) is 4.32. The highest BCUT2D eigenvalue weighted by atomic mass is 79.9. The maximum Gasteiger partial charge on any atom is 0.573 e. The molecule has 0 bridgehead atoms. The van der Waals surface area contributed by atoms with Gasteiger partial charge in [-0.1, -0.05) is 0 Å². The van der Waals surface area contributed by atoms with E-state index in [1.165, 1.54) is 12.1 Å². The Morgan fingerprint density at radius 1 is 1.44 bits per heavy atom. The molecular weight excluding hydrogens is 291 g/mol. The van der Waals surface area contributed by atoms with Crippen molar-refractivity contribution in [3.8, 4) is 5.75 Å². The zero-order valence-electron chi connectivity index (χ0n) is 8.06. The van der Waals surface area contributed by atoms with Gasteiger partial charge in [-0.3, -0.25) is 4.79 Å². The number of benzene rings is 1. The molecule has 0 amide bonds. The molecule has 0 fully saturated rings. The first-order valence-electron chi connectivity index (χ1n) is 4.07. The van der Waals surface area contributed by atoms with Crippen LogP contribution < -0.4 is 10.5 Å². The Hall–Kier alpha value is -1.24. The molecule has 0 aliphatic carbocycles. The van der Waals surface area contributed by atoms with Crippen LogP contribution in [-0.2, 0) is 0 Å². The zero-order valence-corrected chi connectivity index (χ0v) is 9.65. The summed E-state index contributed by atoms with van der Waals surface area (Å²) in [7, 11) is 0. The number of nitrogens with two attached hydrogens (primary N) is 1. The number of ether oxygens (including phenoxy) is 1. The molecule has 0 aliphatic rings. The van der Waals surface area contributed by atoms with E-state index in [1.54, 1.807) is 0 Å². The molecule has 0 atom stereocenters. The third-order valence-electron chi connectivity index (χ3n) is 1.74. The number of halogens is 4. The number of nitrogen functional groups attached to an aromatic ring is 1. The van der Waals surface area contributed by atoms with Crippen LogP contribution in [-0.4, -0.2) is 12.1 Å². The van der Waals surface area contributed by atoms with Crippen molar-refractivity contribution in [2.45, 2.75) is 13.3 Å². The second-order valence-electron chi connectivity index (χ2n) is 2.94. The average Bonchev–Trinajstić information content (AvgIpc) is 2.10. The van der Waals surface area contributed by atoms with Crippen LogP contribution in [0.3, 0.4) is 0 Å². The van der Waals surface area contributed by atoms with Gasteiger partial charge < -0.3 is 10.5 Å². The maximum atomic E-state index is 12.1. The Morgan fingerprint density at radius 2 is 2.00 bits per heavy atom. The predicted molar refractivity (Wildman–Crippen MR) is 55.2 cm³/mol. The van der Waals surface area contributed by atoms with Gasteiger partial charge in [0, 0.05) is 4.47 Å². The lowest BCUT2D eigenvalue weighted by Gasteiger charge is -2.14. The van der Waals surface area contributed by atoms with E-state index in [4.69, 9.17) is 5.73 Å². The van der Waals surface area contributed by atoms with Crippen LogP contribution in [0.15, 0.2) is 16.6 Å². The van der Waals surface area contributed by atoms with Gasteiger partial charge >= 0.3 is 6.36 Å². The van der Waals surface area contributed by atoms with E-state index < -0.39 is 17.9 Å². The topological polar surface area (TPSA) is 52.3 Å². The standard InChI is InChI=1S/C9H7BrF3NO2/c1-4(15)5-2-3-6(10)7(14)8(5)16-9(11,12)13/h2-3H,14H2,1H3. The fraction of sp³-hybridized carbons (Fsp3) is 0.222. The van der Waals surface area contributed by atoms with Crippen molar-refractivity contribution in [2.75, 3.05) is 5.73 Å². The molecule has 7 heteroatoms. The van der Waals surface area contributed by atoms with E-state index in [0.717, 1.165) is 6.92 Å². The van der Waals surface area contributed by atoms with Gasteiger partial charge in [-0.25, -0.2) is 0 Å². The number of hydrogen-bond acceptors (Lipinski definition) is 3. The second-order valence-corrected chi connectivity index (χ2v) is 3.80. The summed E-state index contributed by atoms with van der Waals surface area (Å²) >= 11 is 2.95. The lowest BCUT2D eigenvalue weighted by atomic mass is 10.1. The third kappa shape index (κ3) is 2.88. The molecule has 0 radical (unpaired) electrons. The fourth-order valence-corrected chi connectivity index (χ4v) is 1.39. The first-order valence-corrected chi connectivity index (χ1v) is 4.86. The minimum absolute atomic E-state index is 0.210. The van der Waals surface area contributed by atoms with Gasteiger partial charge in [-0.2, -0.15) is 0 Å². The van der Waals surface area contributed by atoms with E-state index in [0.29, 0.717) is 0 Å². The molecule has 1 aromatic rings. The Morgan fingerprint density at radius 3 is 2.44 bits per heavy atom. The molecule has 2 N–H and O–H groups in total. The fourth-order valence-electron chi connectivity index (χ4n) is 1.08. The molecule has 0 saturated heterocycles. The number of ketones is 1. The summed E-state index contributed by atoms with van der Waals surface area (Å²) in [6.07, 6.45) is -4.89. The Balaban J connectivity index is 3.32. The van der Waals surface area contributed by atoms with Gasteiger partial charge in [0.1, 0.15) is 0 Å². The Bertz CT molecular complexity index is 431. The van der Waals surface area contributed by atoms with Crippen molar-refractivity contribution in [2.24, 2.45) is 0 Å². The smallest absolute Gasteiger partial charge is 0.403 e. The molecular formula is C9H7BrF3NO2. The largest absolute Gasteiger partial charge is 0.573 e. The molecule has 1 aromatic carbocycles. The summed E-state index contributed by atoms with van der Waals surface area (Å²) < 4.78 is 40.2. The number of carbonyl (C=O) groups excluding carboxylic acids is 1. The van der Waals surface area contributed by atoms with Crippen LogP contribution in [0.1, 0.15) is 17.3 Å². The average molecular weight is 298 g/mol. The quantitative estimate of drug-likeness (QED) is 0.674. The zero-order chi connectivity index (χ0) is 12.5. The van der Waals surface area contributed by atoms with Crippen molar-refractivity contribution in [3.63, 3.8) is 0 Å². The number of anilines is 1. The summed E-state index contributed by atoms with van der Waals surface area (Å²) in [4.78, 5) is 11.1. The minimum atomic E-state index is -4.89. The van der Waals surface area contributed by atoms with Gasteiger partial charge in [-0.05, 0) is 35.0 Å². The van der Waals surface area contributed by atoms with Gasteiger partial charge in [0.05, 0.1) is 11.3 Å². The number of Topliss-reactive ketones (excluding diaryl/α,β-unsaturated/α-hetero) is 1. The van der Waals surface area contributed by atoms with E-state index in [-0.39, 0.29) is 15.7 Å². The van der Waals surface area contributed by atoms with Gasteiger partial charge in [0.15, 0.2) is 11.5 Å². The number of alkyl halides is 3. The van der Waals surface area contributed by atoms with Crippen molar-refractivity contribution < 1.29 is 22.7 Å². The van der Waals surface area contributed by atoms with Crippen LogP contribution in [0.4, 0.5) is 18.9 Å². The lowest BCUT2D eigenvalue weighted by Crippen LogP contribution is -2.20. The molecule has 16 heavy (non-hydrogen) atoms. The molecule has 0 heterocycles. The van der Waals surface area contributed by atoms with Gasteiger partial charge in [0.25, 0.3) is 0 Å². The molecule has 0 aromatic heterocycles. The molecule has 0 saturated carbocycles. The molecule has 0 spiro atoms. The van der Waals surface area contributed by atoms with Crippen LogP contribution in [0.2, 0.25) is 0 Å². The molecule has 0 unspecified atom stereocenters. The van der Waals surface area contributed by atoms with Crippen LogP contribution in [0.5, 0.6) is 5.75 Å². The van der Waals surface area contributed by atoms with Gasteiger partial charge in [0.2, 0.25) is 0 Å². The summed E-state index contributed by atoms with van der Waals surface area (Å²) in [5.41, 5.74) is 4.93. The normalized spacial score (nSPS) is 11.3. The highest BCUT2D eigenvalue weighted by Crippen LogP contribution is 2.37. The minimum Gasteiger partial charge on any atom is -0.403 e. The SMILES string of the molecule is CC(=O)c1ccc(Br)c(N)c1OC(F)(F)F. The number of rotatable bonds is 2.